The van der Waals surface area contributed by atoms with Gasteiger partial charge < -0.3 is 14.6 Å². The number of alkyl halides is 1. The maximum absolute atomic E-state index is 11.4. The lowest BCUT2D eigenvalue weighted by Crippen LogP contribution is -2.42. The predicted molar refractivity (Wildman–Crippen MR) is 51.2 cm³/mol. The van der Waals surface area contributed by atoms with Gasteiger partial charge in [-0.15, -0.1) is 11.6 Å². The summed E-state index contributed by atoms with van der Waals surface area (Å²) in [5.74, 6) is -3.71. The van der Waals surface area contributed by atoms with E-state index in [1.165, 1.54) is 20.8 Å². The Hall–Kier alpha value is -1.23. The van der Waals surface area contributed by atoms with Gasteiger partial charge in [0.25, 0.3) is 5.79 Å². The Labute approximate surface area is 91.6 Å². The molecule has 0 aliphatic carbocycles. The molecule has 1 unspecified atom stereocenters. The zero-order valence-electron chi connectivity index (χ0n) is 8.54. The summed E-state index contributed by atoms with van der Waals surface area (Å²) in [5, 5.41) is 8.55. The number of carbonyl (C=O) groups is 2. The molecule has 0 aromatic rings. The first-order valence-electron chi connectivity index (χ1n) is 4.28. The number of rotatable bonds is 1. The quantitative estimate of drug-likeness (QED) is 0.243. The molecule has 0 aromatic carbocycles. The van der Waals surface area contributed by atoms with E-state index >= 15 is 0 Å². The van der Waals surface area contributed by atoms with Gasteiger partial charge in [-0.25, -0.2) is 9.59 Å². The molecule has 1 aliphatic rings. The molecule has 1 atom stereocenters. The number of allylic oxidation sites excluding steroid dienone is 1. The van der Waals surface area contributed by atoms with E-state index in [0.29, 0.717) is 0 Å². The Morgan fingerprint density at radius 1 is 1.33 bits per heavy atom. The minimum atomic E-state index is -1.31. The van der Waals surface area contributed by atoms with Crippen LogP contribution in [0.25, 0.3) is 0 Å². The number of ether oxygens (including phenoxy) is 2. The van der Waals surface area contributed by atoms with E-state index < -0.39 is 34.4 Å². The molecule has 1 aliphatic heterocycles. The van der Waals surface area contributed by atoms with Crippen LogP contribution in [0.5, 0.6) is 0 Å². The van der Waals surface area contributed by atoms with Gasteiger partial charge in [-0.1, -0.05) is 0 Å². The van der Waals surface area contributed by atoms with Crippen LogP contribution < -0.4 is 0 Å². The Bertz CT molecular complexity index is 320. The summed E-state index contributed by atoms with van der Waals surface area (Å²) in [4.78, 5) is 22.7. The normalized spacial score (nSPS) is 21.7. The van der Waals surface area contributed by atoms with Crippen molar-refractivity contribution >= 4 is 23.5 Å². The predicted octanol–water partition coefficient (Wildman–Crippen LogP) is 1.26. The molecule has 0 spiro atoms. The zero-order valence-corrected chi connectivity index (χ0v) is 9.29. The standard InChI is InChI=1S/C9H11ClO5/c1-4(10)6(11)5-7(12)14-9(2,3)15-8(5)13/h4,11H,1-3H3. The number of carbonyl (C=O) groups excluding carboxylic acids is 2. The number of cyclic esters (lactones) is 2. The van der Waals surface area contributed by atoms with Gasteiger partial charge in [-0.05, 0) is 6.92 Å². The summed E-state index contributed by atoms with van der Waals surface area (Å²) in [7, 11) is 0. The minimum Gasteiger partial charge on any atom is -0.510 e. The number of aliphatic hydroxyl groups excluding tert-OH is 1. The van der Waals surface area contributed by atoms with Crippen molar-refractivity contribution in [3.05, 3.63) is 11.3 Å². The highest BCUT2D eigenvalue weighted by molar-refractivity contribution is 6.24. The van der Waals surface area contributed by atoms with Gasteiger partial charge in [-0.3, -0.25) is 0 Å². The second-order valence-corrected chi connectivity index (χ2v) is 4.21. The molecule has 5 nitrogen and oxygen atoms in total. The molecule has 1 N–H and O–H groups in total. The summed E-state index contributed by atoms with van der Waals surface area (Å²) in [6, 6.07) is 0. The summed E-state index contributed by atoms with van der Waals surface area (Å²) in [6.45, 7) is 4.26. The molecule has 1 heterocycles. The molecule has 84 valence electrons. The molecule has 0 bridgehead atoms. The minimum absolute atomic E-state index is 0.540. The third-order valence-electron chi connectivity index (χ3n) is 1.72. The summed E-state index contributed by atoms with van der Waals surface area (Å²) in [5.41, 5.74) is -0.545. The second kappa shape index (κ2) is 3.73. The Morgan fingerprint density at radius 2 is 1.73 bits per heavy atom. The van der Waals surface area contributed by atoms with Gasteiger partial charge in [0.1, 0.15) is 5.76 Å². The van der Waals surface area contributed by atoms with Crippen LogP contribution in [0.2, 0.25) is 0 Å². The summed E-state index contributed by atoms with van der Waals surface area (Å²) >= 11 is 5.54. The number of esters is 2. The molecule has 15 heavy (non-hydrogen) atoms. The first-order valence-corrected chi connectivity index (χ1v) is 4.72. The molecule has 1 saturated heterocycles. The zero-order chi connectivity index (χ0) is 11.8. The highest BCUT2D eigenvalue weighted by Crippen LogP contribution is 2.25. The molecule has 6 heteroatoms. The van der Waals surface area contributed by atoms with Crippen LogP contribution in [0.1, 0.15) is 20.8 Å². The van der Waals surface area contributed by atoms with Crippen LogP contribution in [0.3, 0.4) is 0 Å². The monoisotopic (exact) mass is 234 g/mol. The van der Waals surface area contributed by atoms with Gasteiger partial charge in [0.15, 0.2) is 5.57 Å². The largest absolute Gasteiger partial charge is 0.510 e. The number of hydrogen-bond donors (Lipinski definition) is 1. The van der Waals surface area contributed by atoms with Gasteiger partial charge in [0.2, 0.25) is 0 Å². The topological polar surface area (TPSA) is 72.8 Å². The van der Waals surface area contributed by atoms with Gasteiger partial charge >= 0.3 is 11.9 Å². The highest BCUT2D eigenvalue weighted by Gasteiger charge is 2.41. The van der Waals surface area contributed by atoms with Crippen molar-refractivity contribution in [2.45, 2.75) is 31.9 Å². The average molecular weight is 235 g/mol. The lowest BCUT2D eigenvalue weighted by molar-refractivity contribution is -0.222. The van der Waals surface area contributed by atoms with Gasteiger partial charge in [0, 0.05) is 13.8 Å². The lowest BCUT2D eigenvalue weighted by atomic mass is 10.1. The maximum Gasteiger partial charge on any atom is 0.352 e. The smallest absolute Gasteiger partial charge is 0.352 e. The molecular formula is C9H11ClO5. The number of halogens is 1. The van der Waals surface area contributed by atoms with Crippen LogP contribution >= 0.6 is 11.6 Å². The fraction of sp³-hybridized carbons (Fsp3) is 0.556. The summed E-state index contributed by atoms with van der Waals surface area (Å²) < 4.78 is 9.54. The van der Waals surface area contributed by atoms with Crippen molar-refractivity contribution in [3.63, 3.8) is 0 Å². The van der Waals surface area contributed by atoms with Crippen LogP contribution in [0, 0.1) is 0 Å². The fourth-order valence-electron chi connectivity index (χ4n) is 1.06. The van der Waals surface area contributed by atoms with Gasteiger partial charge in [-0.2, -0.15) is 0 Å². The number of hydrogen-bond acceptors (Lipinski definition) is 5. The van der Waals surface area contributed by atoms with E-state index in [9.17, 15) is 14.7 Å². The first kappa shape index (κ1) is 11.8. The number of aliphatic hydroxyl groups is 1. The molecular weight excluding hydrogens is 224 g/mol. The molecule has 1 rings (SSSR count). The first-order chi connectivity index (χ1) is 6.74. The van der Waals surface area contributed by atoms with E-state index in [0.717, 1.165) is 0 Å². The Balaban J connectivity index is 3.10. The van der Waals surface area contributed by atoms with Crippen molar-refractivity contribution in [2.24, 2.45) is 0 Å². The third-order valence-corrected chi connectivity index (χ3v) is 1.92. The van der Waals surface area contributed by atoms with E-state index in [-0.39, 0.29) is 0 Å². The average Bonchev–Trinajstić information content (AvgIpc) is 1.99. The van der Waals surface area contributed by atoms with Crippen molar-refractivity contribution in [2.75, 3.05) is 0 Å². The van der Waals surface area contributed by atoms with E-state index in [4.69, 9.17) is 21.1 Å². The Kier molecular flexibility index (Phi) is 2.95. The maximum atomic E-state index is 11.4. The molecule has 1 fully saturated rings. The van der Waals surface area contributed by atoms with Crippen molar-refractivity contribution < 1.29 is 24.2 Å². The van der Waals surface area contributed by atoms with Crippen LogP contribution in [-0.2, 0) is 19.1 Å². The molecule has 0 saturated carbocycles. The van der Waals surface area contributed by atoms with E-state index in [1.54, 1.807) is 0 Å². The fourth-order valence-corrected chi connectivity index (χ4v) is 1.17. The van der Waals surface area contributed by atoms with Gasteiger partial charge in [0.05, 0.1) is 5.38 Å². The molecule has 0 aromatic heterocycles. The Morgan fingerprint density at radius 3 is 2.07 bits per heavy atom. The van der Waals surface area contributed by atoms with Crippen molar-refractivity contribution in [1.29, 1.82) is 0 Å². The summed E-state index contributed by atoms with van der Waals surface area (Å²) in [6.07, 6.45) is 0. The van der Waals surface area contributed by atoms with Crippen LogP contribution in [0.15, 0.2) is 11.3 Å². The second-order valence-electron chi connectivity index (χ2n) is 3.56. The van der Waals surface area contributed by atoms with E-state index in [1.807, 2.05) is 0 Å². The van der Waals surface area contributed by atoms with Crippen LogP contribution in [0.4, 0.5) is 0 Å². The lowest BCUT2D eigenvalue weighted by Gasteiger charge is -2.30. The molecule has 0 radical (unpaired) electrons. The van der Waals surface area contributed by atoms with Crippen molar-refractivity contribution in [1.82, 2.24) is 0 Å². The SMILES string of the molecule is CC(Cl)C(O)=C1C(=O)OC(C)(C)OC1=O. The highest BCUT2D eigenvalue weighted by atomic mass is 35.5. The van der Waals surface area contributed by atoms with Crippen LogP contribution in [-0.4, -0.2) is 28.2 Å². The third kappa shape index (κ3) is 2.41. The van der Waals surface area contributed by atoms with Crippen molar-refractivity contribution in [3.8, 4) is 0 Å². The molecule has 0 amide bonds. The van der Waals surface area contributed by atoms with E-state index in [2.05, 4.69) is 0 Å².